The lowest BCUT2D eigenvalue weighted by Crippen LogP contribution is -2.18. The van der Waals surface area contributed by atoms with Crippen LogP contribution in [0.5, 0.6) is 0 Å². The van der Waals surface area contributed by atoms with Crippen molar-refractivity contribution >= 4 is 13.8 Å². The summed E-state index contributed by atoms with van der Waals surface area (Å²) in [6.45, 7) is 14.0. The molecule has 0 aliphatic carbocycles. The standard InChI is InChI=1S/C18H31O10P/c1-13(2)16(19)23-7-10-26-29(22,27-11-8-24-17(20)14(3)4)28-12-9-25-18(21)15(5)6/h16-17,19-20H,1,3,5,7-12H2,2,4,6H3/t16-,17?,29?/m0/s1. The first-order valence-electron chi connectivity index (χ1n) is 8.75. The first-order chi connectivity index (χ1) is 13.5. The number of carbonyl (C=O) groups excluding carboxylic acids is 1. The molecule has 0 aromatic rings. The van der Waals surface area contributed by atoms with Gasteiger partial charge in [-0.05, 0) is 31.9 Å². The number of carbonyl (C=O) groups is 1. The predicted octanol–water partition coefficient (Wildman–Crippen LogP) is 2.09. The molecule has 10 nitrogen and oxygen atoms in total. The summed E-state index contributed by atoms with van der Waals surface area (Å²) >= 11 is 0. The molecule has 3 atom stereocenters. The molecule has 0 aliphatic rings. The van der Waals surface area contributed by atoms with Gasteiger partial charge in [-0.15, -0.1) is 0 Å². The average molecular weight is 438 g/mol. The van der Waals surface area contributed by atoms with E-state index in [-0.39, 0.29) is 45.2 Å². The fraction of sp³-hybridized carbons (Fsp3) is 0.611. The number of phosphoric ester groups is 1. The molecular formula is C18H31O10P. The predicted molar refractivity (Wildman–Crippen MR) is 105 cm³/mol. The highest BCUT2D eigenvalue weighted by Crippen LogP contribution is 2.49. The molecule has 0 fully saturated rings. The lowest BCUT2D eigenvalue weighted by molar-refractivity contribution is -0.139. The highest BCUT2D eigenvalue weighted by Gasteiger charge is 2.27. The lowest BCUT2D eigenvalue weighted by Gasteiger charge is -2.19. The van der Waals surface area contributed by atoms with Gasteiger partial charge in [-0.2, -0.15) is 0 Å². The quantitative estimate of drug-likeness (QED) is 0.0869. The second-order valence-electron chi connectivity index (χ2n) is 6.00. The van der Waals surface area contributed by atoms with Crippen LogP contribution in [0.4, 0.5) is 0 Å². The van der Waals surface area contributed by atoms with Crippen LogP contribution in [0.15, 0.2) is 36.5 Å². The molecule has 0 spiro atoms. The molecule has 168 valence electrons. The third-order valence-electron chi connectivity index (χ3n) is 2.97. The maximum Gasteiger partial charge on any atom is 0.475 e. The Morgan fingerprint density at radius 2 is 1.17 bits per heavy atom. The second kappa shape index (κ2) is 14.6. The van der Waals surface area contributed by atoms with Gasteiger partial charge >= 0.3 is 13.8 Å². The summed E-state index contributed by atoms with van der Waals surface area (Å²) in [4.78, 5) is 11.3. The van der Waals surface area contributed by atoms with Gasteiger partial charge in [0.2, 0.25) is 0 Å². The minimum absolute atomic E-state index is 0.111. The smallest absolute Gasteiger partial charge is 0.460 e. The molecule has 0 saturated heterocycles. The van der Waals surface area contributed by atoms with Gasteiger partial charge in [0.15, 0.2) is 12.6 Å². The topological polar surface area (TPSA) is 130 Å². The maximum absolute atomic E-state index is 12.7. The fourth-order valence-corrected chi connectivity index (χ4v) is 2.54. The minimum Gasteiger partial charge on any atom is -0.460 e. The van der Waals surface area contributed by atoms with Crippen molar-refractivity contribution in [3.63, 3.8) is 0 Å². The summed E-state index contributed by atoms with van der Waals surface area (Å²) in [5.41, 5.74) is 1.00. The molecule has 2 N–H and O–H groups in total. The van der Waals surface area contributed by atoms with E-state index in [0.717, 1.165) is 0 Å². The van der Waals surface area contributed by atoms with Crippen LogP contribution in [0.3, 0.4) is 0 Å². The highest BCUT2D eigenvalue weighted by molar-refractivity contribution is 7.48. The van der Waals surface area contributed by atoms with Crippen molar-refractivity contribution in [1.29, 1.82) is 0 Å². The molecule has 0 aliphatic heterocycles. The van der Waals surface area contributed by atoms with Gasteiger partial charge in [-0.1, -0.05) is 19.7 Å². The van der Waals surface area contributed by atoms with Crippen LogP contribution in [-0.4, -0.2) is 68.4 Å². The van der Waals surface area contributed by atoms with E-state index in [1.807, 2.05) is 0 Å². The van der Waals surface area contributed by atoms with Crippen LogP contribution in [0.2, 0.25) is 0 Å². The summed E-state index contributed by atoms with van der Waals surface area (Å²) in [5.74, 6) is -0.616. The van der Waals surface area contributed by atoms with Gasteiger partial charge < -0.3 is 24.4 Å². The van der Waals surface area contributed by atoms with Crippen LogP contribution in [0.1, 0.15) is 20.8 Å². The Bertz CT molecular complexity index is 571. The molecular weight excluding hydrogens is 407 g/mol. The normalized spacial score (nSPS) is 15.2. The molecule has 2 unspecified atom stereocenters. The van der Waals surface area contributed by atoms with Crippen molar-refractivity contribution in [2.75, 3.05) is 39.6 Å². The monoisotopic (exact) mass is 438 g/mol. The Morgan fingerprint density at radius 3 is 1.52 bits per heavy atom. The molecule has 0 bridgehead atoms. The van der Waals surface area contributed by atoms with Crippen molar-refractivity contribution in [3.05, 3.63) is 36.5 Å². The summed E-state index contributed by atoms with van der Waals surface area (Å²) in [6.07, 6.45) is -2.36. The number of phosphoric acid groups is 1. The number of aliphatic hydroxyl groups excluding tert-OH is 2. The zero-order chi connectivity index (χ0) is 22.4. The Hall–Kier alpha value is -1.36. The van der Waals surface area contributed by atoms with E-state index in [0.29, 0.717) is 11.1 Å². The molecule has 0 rings (SSSR count). The van der Waals surface area contributed by atoms with Crippen molar-refractivity contribution < 1.29 is 47.4 Å². The van der Waals surface area contributed by atoms with Crippen molar-refractivity contribution in [2.24, 2.45) is 0 Å². The van der Waals surface area contributed by atoms with E-state index in [9.17, 15) is 19.6 Å². The zero-order valence-electron chi connectivity index (χ0n) is 17.1. The second-order valence-corrected chi connectivity index (χ2v) is 7.67. The lowest BCUT2D eigenvalue weighted by atomic mass is 10.3. The van der Waals surface area contributed by atoms with Gasteiger partial charge in [-0.25, -0.2) is 9.36 Å². The average Bonchev–Trinajstić information content (AvgIpc) is 2.65. The van der Waals surface area contributed by atoms with Crippen LogP contribution in [-0.2, 0) is 37.1 Å². The molecule has 0 aromatic carbocycles. The molecule has 0 saturated carbocycles. The molecule has 0 radical (unpaired) electrons. The van der Waals surface area contributed by atoms with E-state index in [1.54, 1.807) is 13.8 Å². The zero-order valence-corrected chi connectivity index (χ0v) is 18.0. The third-order valence-corrected chi connectivity index (χ3v) is 4.47. The van der Waals surface area contributed by atoms with Crippen molar-refractivity contribution in [3.8, 4) is 0 Å². The maximum atomic E-state index is 12.7. The summed E-state index contributed by atoms with van der Waals surface area (Å²) < 4.78 is 42.9. The molecule has 11 heteroatoms. The van der Waals surface area contributed by atoms with Gasteiger partial charge in [0.25, 0.3) is 0 Å². The van der Waals surface area contributed by atoms with E-state index in [2.05, 4.69) is 19.7 Å². The summed E-state index contributed by atoms with van der Waals surface area (Å²) in [5, 5.41) is 19.0. The largest absolute Gasteiger partial charge is 0.475 e. The fourth-order valence-electron chi connectivity index (χ4n) is 1.42. The summed E-state index contributed by atoms with van der Waals surface area (Å²) in [7, 11) is -4.05. The van der Waals surface area contributed by atoms with E-state index < -0.39 is 26.4 Å². The number of rotatable bonds is 17. The van der Waals surface area contributed by atoms with Gasteiger partial charge in [0.1, 0.15) is 6.61 Å². The Balaban J connectivity index is 4.52. The molecule has 0 aromatic heterocycles. The minimum atomic E-state index is -4.05. The van der Waals surface area contributed by atoms with Gasteiger partial charge in [0, 0.05) is 5.57 Å². The van der Waals surface area contributed by atoms with Crippen molar-refractivity contribution in [2.45, 2.75) is 33.4 Å². The Kier molecular flexibility index (Phi) is 13.9. The molecule has 0 heterocycles. The van der Waals surface area contributed by atoms with Crippen LogP contribution < -0.4 is 0 Å². The van der Waals surface area contributed by atoms with Crippen LogP contribution in [0, 0.1) is 0 Å². The van der Waals surface area contributed by atoms with Gasteiger partial charge in [0.05, 0.1) is 33.0 Å². The SMILES string of the molecule is C=C(C)C(=O)OCCOP(=O)(OCCOC(O)C(=C)C)OCCO[C@H](O)C(=C)C. The van der Waals surface area contributed by atoms with Crippen LogP contribution in [0.25, 0.3) is 0 Å². The number of hydrogen-bond donors (Lipinski definition) is 2. The van der Waals surface area contributed by atoms with Gasteiger partial charge in [-0.3, -0.25) is 13.6 Å². The summed E-state index contributed by atoms with van der Waals surface area (Å²) in [6, 6.07) is 0. The van der Waals surface area contributed by atoms with Crippen LogP contribution >= 0.6 is 7.82 Å². The number of esters is 1. The van der Waals surface area contributed by atoms with E-state index >= 15 is 0 Å². The highest BCUT2D eigenvalue weighted by atomic mass is 31.2. The van der Waals surface area contributed by atoms with E-state index in [1.165, 1.54) is 6.92 Å². The van der Waals surface area contributed by atoms with E-state index in [4.69, 9.17) is 27.8 Å². The number of ether oxygens (including phenoxy) is 3. The Labute approximate surface area is 171 Å². The molecule has 29 heavy (non-hydrogen) atoms. The van der Waals surface area contributed by atoms with Crippen molar-refractivity contribution in [1.82, 2.24) is 0 Å². The third kappa shape index (κ3) is 13.5. The number of aliphatic hydroxyl groups is 2. The Morgan fingerprint density at radius 1 is 0.793 bits per heavy atom. The molecule has 0 amide bonds. The first kappa shape index (κ1) is 27.6. The number of hydrogen-bond acceptors (Lipinski definition) is 10. The first-order valence-corrected chi connectivity index (χ1v) is 10.2.